The zero-order chi connectivity index (χ0) is 9.90. The summed E-state index contributed by atoms with van der Waals surface area (Å²) in [5, 5.41) is 3.54. The van der Waals surface area contributed by atoms with Crippen LogP contribution in [-0.2, 0) is 4.74 Å². The van der Waals surface area contributed by atoms with Gasteiger partial charge in [0, 0.05) is 0 Å². The van der Waals surface area contributed by atoms with E-state index < -0.39 is 0 Å². The normalized spacial score (nSPS) is 11.3. The van der Waals surface area contributed by atoms with Crippen molar-refractivity contribution in [3.63, 3.8) is 0 Å². The molecule has 0 aliphatic rings. The summed E-state index contributed by atoms with van der Waals surface area (Å²) < 4.78 is 8.37. The molecule has 0 amide bonds. The van der Waals surface area contributed by atoms with Gasteiger partial charge < -0.3 is 4.74 Å². The minimum atomic E-state index is -0.373. The number of ether oxygens (including phenoxy) is 1. The highest BCUT2D eigenvalue weighted by Crippen LogP contribution is 2.16. The van der Waals surface area contributed by atoms with Gasteiger partial charge in [0.15, 0.2) is 4.88 Å². The van der Waals surface area contributed by atoms with Crippen LogP contribution in [0.3, 0.4) is 0 Å². The first-order chi connectivity index (χ1) is 5.99. The van der Waals surface area contributed by atoms with E-state index in [1.165, 1.54) is 6.20 Å². The Morgan fingerprint density at radius 3 is 2.92 bits per heavy atom. The number of esters is 1. The predicted octanol–water partition coefficient (Wildman–Crippen LogP) is 1.87. The third-order valence-electron chi connectivity index (χ3n) is 1.11. The van der Waals surface area contributed by atoms with E-state index in [0.717, 1.165) is 11.5 Å². The van der Waals surface area contributed by atoms with Crippen molar-refractivity contribution in [2.75, 3.05) is 6.61 Å². The van der Waals surface area contributed by atoms with Gasteiger partial charge in [0.1, 0.15) is 6.61 Å². The lowest BCUT2D eigenvalue weighted by Crippen LogP contribution is -2.21. The first kappa shape index (κ1) is 10.6. The summed E-state index contributed by atoms with van der Waals surface area (Å²) in [6.45, 7) is 4.17. The molecule has 0 fully saturated rings. The van der Waals surface area contributed by atoms with Crippen molar-refractivity contribution >= 4 is 33.4 Å². The van der Waals surface area contributed by atoms with E-state index in [0.29, 0.717) is 11.5 Å². The second-order valence-electron chi connectivity index (χ2n) is 3.08. The fourth-order valence-corrected chi connectivity index (χ4v) is 1.09. The molecular formula is C7H9BrN2O2S. The number of aromatic nitrogens is 2. The zero-order valence-electron chi connectivity index (χ0n) is 7.28. The molecule has 0 radical (unpaired) electrons. The third-order valence-corrected chi connectivity index (χ3v) is 1.98. The van der Waals surface area contributed by atoms with E-state index in [1.54, 1.807) is 0 Å². The zero-order valence-corrected chi connectivity index (χ0v) is 9.68. The molecule has 0 spiro atoms. The number of nitrogens with zero attached hydrogens (tertiary/aromatic N) is 2. The minimum absolute atomic E-state index is 0.194. The Hall–Kier alpha value is -0.490. The van der Waals surface area contributed by atoms with Crippen molar-refractivity contribution in [3.05, 3.63) is 11.1 Å². The highest BCUT2D eigenvalue weighted by molar-refractivity contribution is 9.10. The molecule has 72 valence electrons. The molecule has 1 heterocycles. The first-order valence-corrected chi connectivity index (χ1v) is 5.19. The molecule has 0 atom stereocenters. The number of alkyl halides is 1. The molecule has 0 N–H and O–H groups in total. The van der Waals surface area contributed by atoms with Crippen molar-refractivity contribution < 1.29 is 9.53 Å². The van der Waals surface area contributed by atoms with Crippen LogP contribution in [0.25, 0.3) is 0 Å². The van der Waals surface area contributed by atoms with Gasteiger partial charge in [0.2, 0.25) is 0 Å². The van der Waals surface area contributed by atoms with E-state index >= 15 is 0 Å². The van der Waals surface area contributed by atoms with E-state index in [-0.39, 0.29) is 10.3 Å². The minimum Gasteiger partial charge on any atom is -0.460 e. The van der Waals surface area contributed by atoms with Crippen LogP contribution in [0.4, 0.5) is 0 Å². The molecule has 1 rings (SSSR count). The average Bonchev–Trinajstić information content (AvgIpc) is 2.50. The summed E-state index contributed by atoms with van der Waals surface area (Å²) >= 11 is 4.40. The summed E-state index contributed by atoms with van der Waals surface area (Å²) in [7, 11) is 0. The van der Waals surface area contributed by atoms with Gasteiger partial charge in [0.25, 0.3) is 0 Å². The van der Waals surface area contributed by atoms with Crippen LogP contribution >= 0.6 is 27.5 Å². The smallest absolute Gasteiger partial charge is 0.351 e. The fourth-order valence-electron chi connectivity index (χ4n) is 0.565. The molecule has 13 heavy (non-hydrogen) atoms. The first-order valence-electron chi connectivity index (χ1n) is 3.62. The molecular weight excluding hydrogens is 256 g/mol. The van der Waals surface area contributed by atoms with Crippen LogP contribution in [0.2, 0.25) is 0 Å². The van der Waals surface area contributed by atoms with Crippen LogP contribution < -0.4 is 0 Å². The third kappa shape index (κ3) is 3.82. The second kappa shape index (κ2) is 4.15. The van der Waals surface area contributed by atoms with Crippen molar-refractivity contribution in [2.24, 2.45) is 0 Å². The van der Waals surface area contributed by atoms with Gasteiger partial charge in [-0.1, -0.05) is 20.4 Å². The van der Waals surface area contributed by atoms with Gasteiger partial charge in [-0.05, 0) is 25.4 Å². The lowest BCUT2D eigenvalue weighted by atomic mass is 10.2. The fraction of sp³-hybridized carbons (Fsp3) is 0.571. The van der Waals surface area contributed by atoms with Crippen LogP contribution in [0.1, 0.15) is 23.5 Å². The number of carbonyl (C=O) groups is 1. The lowest BCUT2D eigenvalue weighted by molar-refractivity contribution is 0.0486. The number of hydrogen-bond acceptors (Lipinski definition) is 5. The largest absolute Gasteiger partial charge is 0.460 e. The summed E-state index contributed by atoms with van der Waals surface area (Å²) in [6, 6.07) is 0. The van der Waals surface area contributed by atoms with Gasteiger partial charge in [-0.3, -0.25) is 0 Å². The molecule has 6 heteroatoms. The monoisotopic (exact) mass is 264 g/mol. The van der Waals surface area contributed by atoms with Crippen molar-refractivity contribution in [1.82, 2.24) is 9.59 Å². The number of rotatable bonds is 3. The molecule has 1 aromatic heterocycles. The molecule has 0 aliphatic carbocycles. The molecule has 0 saturated heterocycles. The standard InChI is InChI=1S/C7H9BrN2O2S/c1-7(2,8)4-12-6(11)5-3-9-10-13-5/h3H,4H2,1-2H3. The highest BCUT2D eigenvalue weighted by Gasteiger charge is 2.17. The Labute approximate surface area is 88.6 Å². The van der Waals surface area contributed by atoms with Crippen LogP contribution in [0.5, 0.6) is 0 Å². The Morgan fingerprint density at radius 2 is 2.46 bits per heavy atom. The van der Waals surface area contributed by atoms with Crippen molar-refractivity contribution in [1.29, 1.82) is 0 Å². The second-order valence-corrected chi connectivity index (χ2v) is 6.01. The predicted molar refractivity (Wildman–Crippen MR) is 53.2 cm³/mol. The van der Waals surface area contributed by atoms with E-state index in [1.807, 2.05) is 13.8 Å². The van der Waals surface area contributed by atoms with E-state index in [4.69, 9.17) is 4.74 Å². The topological polar surface area (TPSA) is 52.1 Å². The van der Waals surface area contributed by atoms with E-state index in [2.05, 4.69) is 25.5 Å². The van der Waals surface area contributed by atoms with Gasteiger partial charge in [0.05, 0.1) is 10.5 Å². The summed E-state index contributed by atoms with van der Waals surface area (Å²) in [6.07, 6.45) is 1.40. The Morgan fingerprint density at radius 1 is 1.77 bits per heavy atom. The summed E-state index contributed by atoms with van der Waals surface area (Å²) in [5.74, 6) is -0.373. The molecule has 1 aromatic rings. The highest BCUT2D eigenvalue weighted by atomic mass is 79.9. The van der Waals surface area contributed by atoms with E-state index in [9.17, 15) is 4.79 Å². The molecule has 0 unspecified atom stereocenters. The van der Waals surface area contributed by atoms with Crippen LogP contribution in [0, 0.1) is 0 Å². The van der Waals surface area contributed by atoms with Gasteiger partial charge in [-0.2, -0.15) is 0 Å². The average molecular weight is 265 g/mol. The molecule has 4 nitrogen and oxygen atoms in total. The molecule has 0 aliphatic heterocycles. The van der Waals surface area contributed by atoms with Gasteiger partial charge in [-0.15, -0.1) is 5.10 Å². The molecule has 0 bridgehead atoms. The maximum atomic E-state index is 11.2. The molecule has 0 aromatic carbocycles. The Bertz CT molecular complexity index is 281. The van der Waals surface area contributed by atoms with Gasteiger partial charge >= 0.3 is 5.97 Å². The Balaban J connectivity index is 2.44. The maximum Gasteiger partial charge on any atom is 0.351 e. The number of halogens is 1. The summed E-state index contributed by atoms with van der Waals surface area (Å²) in [4.78, 5) is 11.7. The van der Waals surface area contributed by atoms with Crippen LogP contribution in [-0.4, -0.2) is 26.5 Å². The van der Waals surface area contributed by atoms with Crippen LogP contribution in [0.15, 0.2) is 6.20 Å². The molecule has 0 saturated carbocycles. The SMILES string of the molecule is CC(C)(Br)COC(=O)c1cnns1. The Kier molecular flexibility index (Phi) is 3.38. The summed E-state index contributed by atoms with van der Waals surface area (Å²) in [5.41, 5.74) is 0. The van der Waals surface area contributed by atoms with Gasteiger partial charge in [-0.25, -0.2) is 4.79 Å². The lowest BCUT2D eigenvalue weighted by Gasteiger charge is -2.14. The van der Waals surface area contributed by atoms with Crippen molar-refractivity contribution in [2.45, 2.75) is 18.2 Å². The quantitative estimate of drug-likeness (QED) is 0.618. The number of carbonyl (C=O) groups excluding carboxylic acids is 1. The van der Waals surface area contributed by atoms with Crippen molar-refractivity contribution in [3.8, 4) is 0 Å². The maximum absolute atomic E-state index is 11.2. The number of hydrogen-bond donors (Lipinski definition) is 0.